The van der Waals surface area contributed by atoms with E-state index in [0.717, 1.165) is 30.8 Å². The molecule has 0 amide bonds. The van der Waals surface area contributed by atoms with Crippen LogP contribution in [0.4, 0.5) is 15.8 Å². The third-order valence-corrected chi connectivity index (χ3v) is 4.14. The topological polar surface area (TPSA) is 62.4 Å². The van der Waals surface area contributed by atoms with E-state index in [0.29, 0.717) is 12.5 Å². The fourth-order valence-corrected chi connectivity index (χ4v) is 2.95. The number of nitrogens with zero attached hydrogens (tertiary/aromatic N) is 1. The number of anilines is 2. The average Bonchev–Trinajstić information content (AvgIpc) is 3.02. The van der Waals surface area contributed by atoms with Gasteiger partial charge in [0.25, 0.3) is 0 Å². The van der Waals surface area contributed by atoms with Crippen molar-refractivity contribution in [2.24, 2.45) is 10.7 Å². The predicted molar refractivity (Wildman–Crippen MR) is 98.1 cm³/mol. The molecule has 3 rings (SSSR count). The maximum atomic E-state index is 13.1. The summed E-state index contributed by atoms with van der Waals surface area (Å²) in [5.74, 6) is 0.194. The molecule has 0 atom stereocenters. The van der Waals surface area contributed by atoms with Crippen molar-refractivity contribution in [1.82, 2.24) is 0 Å². The van der Waals surface area contributed by atoms with E-state index >= 15 is 0 Å². The van der Waals surface area contributed by atoms with Crippen LogP contribution in [0.5, 0.6) is 0 Å². The number of hydrogen-bond acceptors (Lipinski definition) is 2. The van der Waals surface area contributed by atoms with Crippen LogP contribution in [-0.4, -0.2) is 19.0 Å². The Balaban J connectivity index is 1.41. The van der Waals surface area contributed by atoms with E-state index < -0.39 is 0 Å². The molecule has 5 heteroatoms. The lowest BCUT2D eigenvalue weighted by molar-refractivity contribution is 0.628. The molecule has 0 heterocycles. The molecule has 0 saturated carbocycles. The summed E-state index contributed by atoms with van der Waals surface area (Å²) in [5.41, 5.74) is 10.6. The minimum Gasteiger partial charge on any atom is -0.385 e. The van der Waals surface area contributed by atoms with Crippen LogP contribution < -0.4 is 16.4 Å². The number of nitrogens with one attached hydrogen (secondary N) is 2. The number of aryl methyl sites for hydroxylation is 2. The maximum Gasteiger partial charge on any atom is 0.193 e. The number of halogens is 1. The van der Waals surface area contributed by atoms with Gasteiger partial charge >= 0.3 is 0 Å². The molecule has 0 aromatic heterocycles. The smallest absolute Gasteiger partial charge is 0.193 e. The number of aliphatic imine (C=N–C) groups is 1. The van der Waals surface area contributed by atoms with Gasteiger partial charge in [-0.05, 0) is 67.1 Å². The zero-order valence-electron chi connectivity index (χ0n) is 13.7. The Morgan fingerprint density at radius 2 is 1.96 bits per heavy atom. The first kappa shape index (κ1) is 16.3. The zero-order valence-corrected chi connectivity index (χ0v) is 13.7. The molecule has 2 aromatic carbocycles. The molecule has 4 N–H and O–H groups in total. The van der Waals surface area contributed by atoms with Crippen LogP contribution in [0.3, 0.4) is 0 Å². The van der Waals surface area contributed by atoms with Crippen LogP contribution in [0.1, 0.15) is 24.0 Å². The lowest BCUT2D eigenvalue weighted by Gasteiger charge is -2.08. The summed E-state index contributed by atoms with van der Waals surface area (Å²) in [4.78, 5) is 4.33. The molecule has 0 radical (unpaired) electrons. The molecule has 0 spiro atoms. The Morgan fingerprint density at radius 1 is 1.08 bits per heavy atom. The number of benzene rings is 2. The van der Waals surface area contributed by atoms with Crippen LogP contribution in [-0.2, 0) is 12.8 Å². The SMILES string of the molecule is NC(=NCCCNc1cccc(F)c1)Nc1ccc2c(c1)CCC2. The molecular weight excluding hydrogens is 303 g/mol. The van der Waals surface area contributed by atoms with Gasteiger partial charge in [0.1, 0.15) is 5.82 Å². The van der Waals surface area contributed by atoms with E-state index in [4.69, 9.17) is 5.73 Å². The molecule has 4 nitrogen and oxygen atoms in total. The average molecular weight is 326 g/mol. The van der Waals surface area contributed by atoms with Gasteiger partial charge in [0.15, 0.2) is 5.96 Å². The lowest BCUT2D eigenvalue weighted by Crippen LogP contribution is -2.23. The van der Waals surface area contributed by atoms with Crippen molar-refractivity contribution < 1.29 is 4.39 Å². The van der Waals surface area contributed by atoms with Gasteiger partial charge in [-0.3, -0.25) is 4.99 Å². The van der Waals surface area contributed by atoms with E-state index in [2.05, 4.69) is 33.8 Å². The molecule has 24 heavy (non-hydrogen) atoms. The molecule has 1 aliphatic rings. The highest BCUT2D eigenvalue weighted by Crippen LogP contribution is 2.24. The molecule has 0 unspecified atom stereocenters. The lowest BCUT2D eigenvalue weighted by atomic mass is 10.1. The third-order valence-electron chi connectivity index (χ3n) is 4.14. The first-order valence-corrected chi connectivity index (χ1v) is 8.39. The van der Waals surface area contributed by atoms with Crippen LogP contribution in [0.15, 0.2) is 47.5 Å². The molecular formula is C19H23FN4. The van der Waals surface area contributed by atoms with Gasteiger partial charge < -0.3 is 16.4 Å². The summed E-state index contributed by atoms with van der Waals surface area (Å²) < 4.78 is 13.1. The van der Waals surface area contributed by atoms with E-state index in [1.165, 1.54) is 36.1 Å². The fourth-order valence-electron chi connectivity index (χ4n) is 2.95. The van der Waals surface area contributed by atoms with Crippen molar-refractivity contribution in [3.8, 4) is 0 Å². The standard InChI is InChI=1S/C19H23FN4/c20-16-6-2-7-17(13-16)22-10-3-11-23-19(21)24-18-9-8-14-4-1-5-15(14)12-18/h2,6-9,12-13,22H,1,3-5,10-11H2,(H3,21,23,24). The Hall–Kier alpha value is -2.56. The minimum atomic E-state index is -0.235. The van der Waals surface area contributed by atoms with E-state index in [1.807, 2.05) is 6.07 Å². The number of rotatable bonds is 6. The summed E-state index contributed by atoms with van der Waals surface area (Å²) >= 11 is 0. The van der Waals surface area contributed by atoms with Gasteiger partial charge in [0, 0.05) is 24.5 Å². The van der Waals surface area contributed by atoms with Crippen molar-refractivity contribution in [3.05, 3.63) is 59.4 Å². The summed E-state index contributed by atoms with van der Waals surface area (Å²) in [6.07, 6.45) is 4.38. The molecule has 0 aliphatic heterocycles. The third kappa shape index (κ3) is 4.47. The summed E-state index contributed by atoms with van der Waals surface area (Å²) in [6.45, 7) is 1.34. The maximum absolute atomic E-state index is 13.1. The minimum absolute atomic E-state index is 0.235. The van der Waals surface area contributed by atoms with Gasteiger partial charge in [0.05, 0.1) is 0 Å². The Bertz CT molecular complexity index is 727. The number of fused-ring (bicyclic) bond motifs is 1. The highest BCUT2D eigenvalue weighted by Gasteiger charge is 2.10. The monoisotopic (exact) mass is 326 g/mol. The highest BCUT2D eigenvalue weighted by atomic mass is 19.1. The second-order valence-corrected chi connectivity index (χ2v) is 6.02. The first-order valence-electron chi connectivity index (χ1n) is 8.39. The quantitative estimate of drug-likeness (QED) is 0.432. The van der Waals surface area contributed by atoms with Gasteiger partial charge in [-0.25, -0.2) is 4.39 Å². The number of nitrogens with two attached hydrogens (primary N) is 1. The van der Waals surface area contributed by atoms with Gasteiger partial charge in [-0.15, -0.1) is 0 Å². The Morgan fingerprint density at radius 3 is 2.83 bits per heavy atom. The second-order valence-electron chi connectivity index (χ2n) is 6.02. The van der Waals surface area contributed by atoms with Crippen molar-refractivity contribution in [3.63, 3.8) is 0 Å². The van der Waals surface area contributed by atoms with Crippen LogP contribution in [0, 0.1) is 5.82 Å². The predicted octanol–water partition coefficient (Wildman–Crippen LogP) is 3.54. The van der Waals surface area contributed by atoms with Crippen LogP contribution >= 0.6 is 0 Å². The summed E-state index contributed by atoms with van der Waals surface area (Å²) in [6, 6.07) is 12.8. The van der Waals surface area contributed by atoms with Crippen molar-refractivity contribution >= 4 is 17.3 Å². The van der Waals surface area contributed by atoms with Crippen molar-refractivity contribution in [1.29, 1.82) is 0 Å². The molecule has 2 aromatic rings. The van der Waals surface area contributed by atoms with E-state index in [1.54, 1.807) is 6.07 Å². The number of guanidine groups is 1. The highest BCUT2D eigenvalue weighted by molar-refractivity contribution is 5.92. The van der Waals surface area contributed by atoms with Crippen LogP contribution in [0.2, 0.25) is 0 Å². The van der Waals surface area contributed by atoms with E-state index in [-0.39, 0.29) is 5.82 Å². The Kier molecular flexibility index (Phi) is 5.31. The molecule has 126 valence electrons. The van der Waals surface area contributed by atoms with Crippen molar-refractivity contribution in [2.45, 2.75) is 25.7 Å². The zero-order chi connectivity index (χ0) is 16.8. The molecule has 1 aliphatic carbocycles. The summed E-state index contributed by atoms with van der Waals surface area (Å²) in [7, 11) is 0. The van der Waals surface area contributed by atoms with Gasteiger partial charge in [-0.2, -0.15) is 0 Å². The first-order chi connectivity index (χ1) is 11.7. The fraction of sp³-hybridized carbons (Fsp3) is 0.316. The van der Waals surface area contributed by atoms with Crippen molar-refractivity contribution in [2.75, 3.05) is 23.7 Å². The van der Waals surface area contributed by atoms with Crippen LogP contribution in [0.25, 0.3) is 0 Å². The molecule has 0 bridgehead atoms. The molecule has 0 saturated heterocycles. The second kappa shape index (κ2) is 7.81. The summed E-state index contributed by atoms with van der Waals surface area (Å²) in [5, 5.41) is 6.31. The van der Waals surface area contributed by atoms with E-state index in [9.17, 15) is 4.39 Å². The Labute approximate surface area is 142 Å². The van der Waals surface area contributed by atoms with Gasteiger partial charge in [0.2, 0.25) is 0 Å². The number of hydrogen-bond donors (Lipinski definition) is 3. The normalized spacial score (nSPS) is 13.6. The molecule has 0 fully saturated rings. The van der Waals surface area contributed by atoms with Gasteiger partial charge in [-0.1, -0.05) is 12.1 Å². The largest absolute Gasteiger partial charge is 0.385 e.